The number of carbonyl (C=O) groups excluding carboxylic acids is 1. The van der Waals surface area contributed by atoms with E-state index in [1.807, 2.05) is 34.8 Å². The molecular weight excluding hydrogens is 362 g/mol. The second-order valence-electron chi connectivity index (χ2n) is 6.66. The van der Waals surface area contributed by atoms with Crippen molar-refractivity contribution < 1.29 is 9.32 Å². The van der Waals surface area contributed by atoms with Crippen LogP contribution in [0.3, 0.4) is 0 Å². The van der Waals surface area contributed by atoms with E-state index in [1.54, 1.807) is 11.3 Å². The summed E-state index contributed by atoms with van der Waals surface area (Å²) in [5.74, 6) is 2.22. The molecule has 4 heterocycles. The topological polar surface area (TPSA) is 77.1 Å². The zero-order valence-corrected chi connectivity index (χ0v) is 16.2. The predicted molar refractivity (Wildman–Crippen MR) is 102 cm³/mol. The van der Waals surface area contributed by atoms with Gasteiger partial charge >= 0.3 is 0 Å². The van der Waals surface area contributed by atoms with E-state index in [-0.39, 0.29) is 11.9 Å². The molecule has 0 aliphatic carbocycles. The van der Waals surface area contributed by atoms with Gasteiger partial charge in [-0.3, -0.25) is 4.79 Å². The van der Waals surface area contributed by atoms with Gasteiger partial charge in [-0.15, -0.1) is 11.3 Å². The lowest BCUT2D eigenvalue weighted by Crippen LogP contribution is -2.39. The van der Waals surface area contributed by atoms with Crippen molar-refractivity contribution in [1.82, 2.24) is 24.6 Å². The lowest BCUT2D eigenvalue weighted by molar-refractivity contribution is -0.135. The quantitative estimate of drug-likeness (QED) is 0.646. The van der Waals surface area contributed by atoms with Crippen LogP contribution in [-0.2, 0) is 17.8 Å². The van der Waals surface area contributed by atoms with Crippen molar-refractivity contribution in [1.29, 1.82) is 0 Å². The number of imidazole rings is 1. The second kappa shape index (κ2) is 8.04. The molecule has 0 aromatic carbocycles. The molecule has 0 bridgehead atoms. The van der Waals surface area contributed by atoms with Gasteiger partial charge in [-0.25, -0.2) is 4.98 Å². The number of thiophene rings is 1. The molecule has 142 valence electrons. The minimum absolute atomic E-state index is 0.0607. The molecule has 0 radical (unpaired) electrons. The summed E-state index contributed by atoms with van der Waals surface area (Å²) in [6, 6.07) is 3.97. The Morgan fingerprint density at radius 3 is 3.15 bits per heavy atom. The highest BCUT2D eigenvalue weighted by Gasteiger charge is 2.30. The summed E-state index contributed by atoms with van der Waals surface area (Å²) < 4.78 is 7.45. The zero-order chi connectivity index (χ0) is 18.6. The Kier molecular flexibility index (Phi) is 5.33. The molecule has 1 aliphatic rings. The number of aromatic nitrogens is 4. The maximum atomic E-state index is 12.9. The zero-order valence-electron chi connectivity index (χ0n) is 15.4. The number of piperidine rings is 1. The fraction of sp³-hybridized carbons (Fsp3) is 0.474. The molecule has 1 atom stereocenters. The fourth-order valence-electron chi connectivity index (χ4n) is 3.60. The Hall–Kier alpha value is -2.48. The Morgan fingerprint density at radius 2 is 2.33 bits per heavy atom. The summed E-state index contributed by atoms with van der Waals surface area (Å²) in [5.41, 5.74) is 0. The highest BCUT2D eigenvalue weighted by molar-refractivity contribution is 7.13. The first-order chi connectivity index (χ1) is 13.3. The number of aryl methyl sites for hydroxylation is 2. The van der Waals surface area contributed by atoms with Crippen molar-refractivity contribution in [2.24, 2.45) is 0 Å². The highest BCUT2D eigenvalue weighted by atomic mass is 32.1. The van der Waals surface area contributed by atoms with Crippen LogP contribution in [0.4, 0.5) is 0 Å². The van der Waals surface area contributed by atoms with Gasteiger partial charge in [-0.05, 0) is 37.6 Å². The van der Waals surface area contributed by atoms with Crippen LogP contribution in [0.1, 0.15) is 50.4 Å². The van der Waals surface area contributed by atoms with Gasteiger partial charge in [-0.1, -0.05) is 11.2 Å². The molecular formula is C19H23N5O2S. The molecule has 1 saturated heterocycles. The summed E-state index contributed by atoms with van der Waals surface area (Å²) in [7, 11) is 0. The Bertz CT molecular complexity index is 886. The van der Waals surface area contributed by atoms with Crippen LogP contribution in [0.25, 0.3) is 10.7 Å². The molecule has 4 rings (SSSR count). The lowest BCUT2D eigenvalue weighted by Gasteiger charge is -2.35. The number of carbonyl (C=O) groups is 1. The van der Waals surface area contributed by atoms with E-state index in [0.29, 0.717) is 24.6 Å². The fourth-order valence-corrected chi connectivity index (χ4v) is 4.25. The largest absolute Gasteiger partial charge is 0.339 e. The molecule has 1 unspecified atom stereocenters. The molecule has 27 heavy (non-hydrogen) atoms. The molecule has 1 amide bonds. The first kappa shape index (κ1) is 17.9. The number of hydrogen-bond donors (Lipinski definition) is 0. The van der Waals surface area contributed by atoms with Gasteiger partial charge in [0.15, 0.2) is 0 Å². The molecule has 1 aliphatic heterocycles. The first-order valence-electron chi connectivity index (χ1n) is 9.43. The Labute approximate surface area is 162 Å². The Morgan fingerprint density at radius 1 is 1.41 bits per heavy atom. The van der Waals surface area contributed by atoms with Crippen molar-refractivity contribution in [3.05, 3.63) is 41.6 Å². The van der Waals surface area contributed by atoms with Crippen molar-refractivity contribution in [2.75, 3.05) is 6.54 Å². The lowest BCUT2D eigenvalue weighted by atomic mass is 10.0. The van der Waals surface area contributed by atoms with Gasteiger partial charge in [0.25, 0.3) is 0 Å². The third-order valence-electron chi connectivity index (χ3n) is 4.97. The SMILES string of the molecule is CCn1ccnc1C1CCCCN1C(=O)CCc1nc(-c2cccs2)no1. The van der Waals surface area contributed by atoms with Crippen LogP contribution >= 0.6 is 11.3 Å². The standard InChI is InChI=1S/C19H23N5O2S/c1-2-23-12-10-20-19(23)14-6-3-4-11-24(14)17(25)9-8-16-21-18(22-26-16)15-7-5-13-27-15/h5,7,10,12-14H,2-4,6,8-9,11H2,1H3. The average Bonchev–Trinajstić information content (AvgIpc) is 3.47. The van der Waals surface area contributed by atoms with Crippen LogP contribution in [0.15, 0.2) is 34.4 Å². The number of likely N-dealkylation sites (tertiary alicyclic amines) is 1. The number of rotatable bonds is 6. The molecule has 0 N–H and O–H groups in total. The van der Waals surface area contributed by atoms with Crippen molar-refractivity contribution >= 4 is 17.2 Å². The summed E-state index contributed by atoms with van der Waals surface area (Å²) in [4.78, 5) is 24.8. The average molecular weight is 385 g/mol. The smallest absolute Gasteiger partial charge is 0.227 e. The maximum Gasteiger partial charge on any atom is 0.227 e. The van der Waals surface area contributed by atoms with Gasteiger partial charge in [-0.2, -0.15) is 4.98 Å². The second-order valence-corrected chi connectivity index (χ2v) is 7.61. The third-order valence-corrected chi connectivity index (χ3v) is 5.84. The van der Waals surface area contributed by atoms with Crippen LogP contribution in [0.5, 0.6) is 0 Å². The predicted octanol–water partition coefficient (Wildman–Crippen LogP) is 3.70. The summed E-state index contributed by atoms with van der Waals surface area (Å²) in [6.07, 6.45) is 7.76. The molecule has 0 spiro atoms. The van der Waals surface area contributed by atoms with E-state index in [2.05, 4.69) is 26.6 Å². The molecule has 3 aromatic rings. The van der Waals surface area contributed by atoms with E-state index in [0.717, 1.165) is 43.1 Å². The van der Waals surface area contributed by atoms with Crippen LogP contribution in [0, 0.1) is 0 Å². The Balaban J connectivity index is 1.42. The van der Waals surface area contributed by atoms with Gasteiger partial charge in [0.05, 0.1) is 10.9 Å². The monoisotopic (exact) mass is 385 g/mol. The highest BCUT2D eigenvalue weighted by Crippen LogP contribution is 2.31. The van der Waals surface area contributed by atoms with Gasteiger partial charge in [0, 0.05) is 38.3 Å². The van der Waals surface area contributed by atoms with Crippen molar-refractivity contribution in [3.8, 4) is 10.7 Å². The number of nitrogens with zero attached hydrogens (tertiary/aromatic N) is 5. The van der Waals surface area contributed by atoms with E-state index in [9.17, 15) is 4.79 Å². The summed E-state index contributed by atoms with van der Waals surface area (Å²) >= 11 is 1.57. The normalized spacial score (nSPS) is 17.4. The van der Waals surface area contributed by atoms with E-state index >= 15 is 0 Å². The van der Waals surface area contributed by atoms with Crippen LogP contribution in [-0.4, -0.2) is 37.0 Å². The number of amides is 1. The van der Waals surface area contributed by atoms with Gasteiger partial charge < -0.3 is 14.0 Å². The minimum Gasteiger partial charge on any atom is -0.339 e. The molecule has 3 aromatic heterocycles. The van der Waals surface area contributed by atoms with E-state index < -0.39 is 0 Å². The van der Waals surface area contributed by atoms with E-state index in [4.69, 9.17) is 4.52 Å². The molecule has 8 heteroatoms. The molecule has 1 fully saturated rings. The van der Waals surface area contributed by atoms with Crippen LogP contribution < -0.4 is 0 Å². The van der Waals surface area contributed by atoms with E-state index in [1.165, 1.54) is 0 Å². The third kappa shape index (κ3) is 3.80. The van der Waals surface area contributed by atoms with Gasteiger partial charge in [0.1, 0.15) is 5.82 Å². The number of hydrogen-bond acceptors (Lipinski definition) is 6. The van der Waals surface area contributed by atoms with Gasteiger partial charge in [0.2, 0.25) is 17.6 Å². The summed E-state index contributed by atoms with van der Waals surface area (Å²) in [6.45, 7) is 3.74. The molecule has 7 nitrogen and oxygen atoms in total. The molecule has 0 saturated carbocycles. The van der Waals surface area contributed by atoms with Crippen LogP contribution in [0.2, 0.25) is 0 Å². The van der Waals surface area contributed by atoms with Crippen molar-refractivity contribution in [3.63, 3.8) is 0 Å². The summed E-state index contributed by atoms with van der Waals surface area (Å²) in [5, 5.41) is 5.99. The van der Waals surface area contributed by atoms with Crippen molar-refractivity contribution in [2.45, 2.75) is 51.6 Å². The minimum atomic E-state index is 0.0607. The maximum absolute atomic E-state index is 12.9. The first-order valence-corrected chi connectivity index (χ1v) is 10.3.